The topological polar surface area (TPSA) is 73.8 Å². The molecular formula is C23H31N3O4. The first-order chi connectivity index (χ1) is 14.3. The molecule has 2 atom stereocenters. The molecule has 1 fully saturated rings. The molecule has 0 N–H and O–H groups in total. The third-order valence-corrected chi connectivity index (χ3v) is 4.74. The first-order valence-corrected chi connectivity index (χ1v) is 10.4. The summed E-state index contributed by atoms with van der Waals surface area (Å²) in [5.74, 6) is 1.80. The highest BCUT2D eigenvalue weighted by molar-refractivity contribution is 5.69. The van der Waals surface area contributed by atoms with Gasteiger partial charge in [0.1, 0.15) is 23.7 Å². The van der Waals surface area contributed by atoms with Crippen molar-refractivity contribution in [1.82, 2.24) is 14.9 Å². The second kappa shape index (κ2) is 9.78. The van der Waals surface area contributed by atoms with Crippen LogP contribution >= 0.6 is 0 Å². The zero-order valence-corrected chi connectivity index (χ0v) is 18.2. The number of amides is 1. The maximum absolute atomic E-state index is 12.2. The Balaban J connectivity index is 1.45. The van der Waals surface area contributed by atoms with Crippen LogP contribution in [-0.2, 0) is 11.2 Å². The molecule has 0 unspecified atom stereocenters. The third-order valence-electron chi connectivity index (χ3n) is 4.74. The quantitative estimate of drug-likeness (QED) is 0.648. The number of carbonyl (C=O) groups is 1. The minimum atomic E-state index is -0.492. The van der Waals surface area contributed by atoms with Gasteiger partial charge in [0.15, 0.2) is 0 Å². The van der Waals surface area contributed by atoms with Crippen LogP contribution in [0.1, 0.15) is 39.7 Å². The van der Waals surface area contributed by atoms with Gasteiger partial charge in [0.25, 0.3) is 0 Å². The fourth-order valence-corrected chi connectivity index (χ4v) is 3.15. The minimum absolute atomic E-state index is 0.0373. The summed E-state index contributed by atoms with van der Waals surface area (Å²) in [4.78, 5) is 22.3. The molecule has 1 amide bonds. The Morgan fingerprint density at radius 2 is 2.00 bits per heavy atom. The number of hydrogen-bond acceptors (Lipinski definition) is 6. The first kappa shape index (κ1) is 21.9. The number of ether oxygens (including phenoxy) is 3. The van der Waals surface area contributed by atoms with Crippen LogP contribution in [0, 0.1) is 5.92 Å². The lowest BCUT2D eigenvalue weighted by atomic mass is 10.0. The Labute approximate surface area is 178 Å². The monoisotopic (exact) mass is 413 g/mol. The maximum Gasteiger partial charge on any atom is 0.410 e. The van der Waals surface area contributed by atoms with Gasteiger partial charge in [-0.1, -0.05) is 6.92 Å². The van der Waals surface area contributed by atoms with E-state index < -0.39 is 5.60 Å². The summed E-state index contributed by atoms with van der Waals surface area (Å²) in [6.07, 6.45) is 8.46. The van der Waals surface area contributed by atoms with E-state index in [1.54, 1.807) is 23.5 Å². The summed E-state index contributed by atoms with van der Waals surface area (Å²) >= 11 is 0. The second-order valence-electron chi connectivity index (χ2n) is 8.77. The highest BCUT2D eigenvalue weighted by Gasteiger charge is 2.35. The number of pyridine rings is 2. The smallest absolute Gasteiger partial charge is 0.410 e. The van der Waals surface area contributed by atoms with E-state index >= 15 is 0 Å². The fraction of sp³-hybridized carbons (Fsp3) is 0.522. The van der Waals surface area contributed by atoms with Crippen LogP contribution in [0.3, 0.4) is 0 Å². The highest BCUT2D eigenvalue weighted by Crippen LogP contribution is 2.23. The molecule has 2 aromatic rings. The summed E-state index contributed by atoms with van der Waals surface area (Å²) in [5, 5.41) is 0. The molecule has 1 aliphatic heterocycles. The predicted octanol–water partition coefficient (Wildman–Crippen LogP) is 4.12. The van der Waals surface area contributed by atoms with Gasteiger partial charge >= 0.3 is 6.09 Å². The van der Waals surface area contributed by atoms with Crippen molar-refractivity contribution in [3.8, 4) is 11.5 Å². The first-order valence-electron chi connectivity index (χ1n) is 10.4. The maximum atomic E-state index is 12.2. The fourth-order valence-electron chi connectivity index (χ4n) is 3.15. The molecular weight excluding hydrogens is 382 g/mol. The van der Waals surface area contributed by atoms with Crippen molar-refractivity contribution in [1.29, 1.82) is 0 Å². The van der Waals surface area contributed by atoms with Crippen LogP contribution in [-0.4, -0.2) is 52.4 Å². The van der Waals surface area contributed by atoms with Gasteiger partial charge in [0.2, 0.25) is 0 Å². The number of likely N-dealkylation sites (tertiary alicyclic amines) is 1. The summed E-state index contributed by atoms with van der Waals surface area (Å²) in [6, 6.07) is 5.80. The Kier molecular flexibility index (Phi) is 7.13. The SMILES string of the molecule is C[C@H](COc1cccnc1)Cc1cncc(OC[C@@H]2CCN2C(=O)OC(C)(C)C)c1. The van der Waals surface area contributed by atoms with Crippen LogP contribution < -0.4 is 9.47 Å². The Morgan fingerprint density at radius 1 is 1.20 bits per heavy atom. The Bertz CT molecular complexity index is 823. The van der Waals surface area contributed by atoms with E-state index in [9.17, 15) is 4.79 Å². The summed E-state index contributed by atoms with van der Waals surface area (Å²) in [7, 11) is 0. The predicted molar refractivity (Wildman–Crippen MR) is 114 cm³/mol. The van der Waals surface area contributed by atoms with Gasteiger partial charge in [-0.15, -0.1) is 0 Å². The molecule has 162 valence electrons. The number of hydrogen-bond donors (Lipinski definition) is 0. The summed E-state index contributed by atoms with van der Waals surface area (Å²) in [6.45, 7) is 9.49. The minimum Gasteiger partial charge on any atom is -0.492 e. The van der Waals surface area contributed by atoms with Crippen LogP contribution in [0.5, 0.6) is 11.5 Å². The molecule has 3 heterocycles. The van der Waals surface area contributed by atoms with Gasteiger partial charge in [-0.2, -0.15) is 0 Å². The van der Waals surface area contributed by atoms with Crippen LogP contribution in [0.25, 0.3) is 0 Å². The van der Waals surface area contributed by atoms with Gasteiger partial charge < -0.3 is 19.1 Å². The lowest BCUT2D eigenvalue weighted by Crippen LogP contribution is -2.55. The van der Waals surface area contributed by atoms with Crippen molar-refractivity contribution in [2.24, 2.45) is 5.92 Å². The lowest BCUT2D eigenvalue weighted by Gasteiger charge is -2.40. The van der Waals surface area contributed by atoms with Crippen molar-refractivity contribution < 1.29 is 19.0 Å². The van der Waals surface area contributed by atoms with E-state index in [1.165, 1.54) is 0 Å². The van der Waals surface area contributed by atoms with Crippen molar-refractivity contribution in [2.75, 3.05) is 19.8 Å². The largest absolute Gasteiger partial charge is 0.492 e. The lowest BCUT2D eigenvalue weighted by molar-refractivity contribution is -0.0141. The van der Waals surface area contributed by atoms with Gasteiger partial charge in [0.05, 0.1) is 25.0 Å². The number of carbonyl (C=O) groups excluding carboxylic acids is 1. The average Bonchev–Trinajstić information content (AvgIpc) is 2.65. The molecule has 1 saturated heterocycles. The zero-order chi connectivity index (χ0) is 21.6. The van der Waals surface area contributed by atoms with Gasteiger partial charge in [-0.05, 0) is 63.3 Å². The molecule has 30 heavy (non-hydrogen) atoms. The second-order valence-corrected chi connectivity index (χ2v) is 8.77. The van der Waals surface area contributed by atoms with Crippen LogP contribution in [0.2, 0.25) is 0 Å². The normalized spacial score (nSPS) is 17.1. The number of aromatic nitrogens is 2. The summed E-state index contributed by atoms with van der Waals surface area (Å²) in [5.41, 5.74) is 0.598. The molecule has 7 heteroatoms. The molecule has 7 nitrogen and oxygen atoms in total. The van der Waals surface area contributed by atoms with Crippen molar-refractivity contribution in [2.45, 2.75) is 52.2 Å². The van der Waals surface area contributed by atoms with E-state index in [4.69, 9.17) is 14.2 Å². The highest BCUT2D eigenvalue weighted by atomic mass is 16.6. The molecule has 0 aliphatic carbocycles. The molecule has 0 bridgehead atoms. The van der Waals surface area contributed by atoms with E-state index in [2.05, 4.69) is 16.9 Å². The molecule has 0 spiro atoms. The van der Waals surface area contributed by atoms with E-state index in [0.29, 0.717) is 31.4 Å². The standard InChI is InChI=1S/C23H31N3O4/c1-17(15-28-20-6-5-8-24-13-20)10-18-11-21(14-25-12-18)29-16-19-7-9-26(19)22(27)30-23(2,3)4/h5-6,8,11-14,17,19H,7,9-10,15-16H2,1-4H3/t17-,19-/m0/s1. The van der Waals surface area contributed by atoms with Gasteiger partial charge in [-0.3, -0.25) is 9.97 Å². The van der Waals surface area contributed by atoms with Crippen LogP contribution in [0.15, 0.2) is 43.0 Å². The van der Waals surface area contributed by atoms with E-state index in [0.717, 1.165) is 24.2 Å². The summed E-state index contributed by atoms with van der Waals surface area (Å²) < 4.78 is 17.1. The van der Waals surface area contributed by atoms with Crippen molar-refractivity contribution in [3.63, 3.8) is 0 Å². The Hall–Kier alpha value is -2.83. The number of rotatable bonds is 8. The molecule has 0 aromatic carbocycles. The Morgan fingerprint density at radius 3 is 2.67 bits per heavy atom. The average molecular weight is 414 g/mol. The molecule has 2 aromatic heterocycles. The van der Waals surface area contributed by atoms with Gasteiger partial charge in [-0.25, -0.2) is 4.79 Å². The number of nitrogens with zero attached hydrogens (tertiary/aromatic N) is 3. The van der Waals surface area contributed by atoms with Crippen LogP contribution in [0.4, 0.5) is 4.79 Å². The third kappa shape index (κ3) is 6.61. The van der Waals surface area contributed by atoms with Crippen molar-refractivity contribution in [3.05, 3.63) is 48.5 Å². The molecule has 0 radical (unpaired) electrons. The molecule has 1 aliphatic rings. The zero-order valence-electron chi connectivity index (χ0n) is 18.2. The van der Waals surface area contributed by atoms with Crippen molar-refractivity contribution >= 4 is 6.09 Å². The molecule has 3 rings (SSSR count). The van der Waals surface area contributed by atoms with E-state index in [-0.39, 0.29) is 12.1 Å². The van der Waals surface area contributed by atoms with E-state index in [1.807, 2.05) is 45.2 Å². The van der Waals surface area contributed by atoms with Gasteiger partial charge in [0, 0.05) is 18.9 Å². The molecule has 0 saturated carbocycles.